The number of methoxy groups -OCH3 is 1. The first kappa shape index (κ1) is 8.51. The van der Waals surface area contributed by atoms with Crippen LogP contribution in [0, 0.1) is 0 Å². The summed E-state index contributed by atoms with van der Waals surface area (Å²) < 4.78 is 6.11. The summed E-state index contributed by atoms with van der Waals surface area (Å²) in [5, 5.41) is 1.08. The molecule has 66 valence electrons. The van der Waals surface area contributed by atoms with Gasteiger partial charge in [-0.2, -0.15) is 0 Å². The molecule has 2 rings (SSSR count). The van der Waals surface area contributed by atoms with Gasteiger partial charge in [-0.1, -0.05) is 6.07 Å². The number of rotatable bonds is 1. The van der Waals surface area contributed by atoms with Crippen LogP contribution in [0.25, 0.3) is 10.9 Å². The van der Waals surface area contributed by atoms with E-state index in [9.17, 15) is 0 Å². The van der Waals surface area contributed by atoms with Crippen LogP contribution in [0.15, 0.2) is 34.9 Å². The molecule has 0 bridgehead atoms. The minimum Gasteiger partial charge on any atom is -0.497 e. The highest BCUT2D eigenvalue weighted by molar-refractivity contribution is 9.10. The molecule has 0 N–H and O–H groups in total. The Hall–Kier alpha value is -1.09. The monoisotopic (exact) mass is 237 g/mol. The third-order valence-corrected chi connectivity index (χ3v) is 2.47. The van der Waals surface area contributed by atoms with Gasteiger partial charge in [0.05, 0.1) is 12.6 Å². The highest BCUT2D eigenvalue weighted by Crippen LogP contribution is 2.27. The summed E-state index contributed by atoms with van der Waals surface area (Å²) in [5.74, 6) is 0.840. The lowest BCUT2D eigenvalue weighted by Gasteiger charge is -2.03. The van der Waals surface area contributed by atoms with Crippen LogP contribution in [0.3, 0.4) is 0 Å². The van der Waals surface area contributed by atoms with Crippen molar-refractivity contribution in [1.29, 1.82) is 0 Å². The van der Waals surface area contributed by atoms with Crippen molar-refractivity contribution in [3.63, 3.8) is 0 Å². The number of hydrogen-bond donors (Lipinski definition) is 0. The van der Waals surface area contributed by atoms with Crippen molar-refractivity contribution in [2.24, 2.45) is 0 Å². The fourth-order valence-corrected chi connectivity index (χ4v) is 1.80. The molecule has 0 saturated carbocycles. The number of nitrogens with zero attached hydrogens (tertiary/aromatic N) is 1. The van der Waals surface area contributed by atoms with Gasteiger partial charge in [0.15, 0.2) is 0 Å². The Morgan fingerprint density at radius 2 is 2.23 bits per heavy atom. The molecule has 0 spiro atoms. The molecule has 0 atom stereocenters. The molecule has 2 nitrogen and oxygen atoms in total. The Kier molecular flexibility index (Phi) is 2.19. The number of benzene rings is 1. The lowest BCUT2D eigenvalue weighted by Crippen LogP contribution is -1.85. The van der Waals surface area contributed by atoms with Gasteiger partial charge in [-0.25, -0.2) is 0 Å². The average Bonchev–Trinajstić information content (AvgIpc) is 2.18. The van der Waals surface area contributed by atoms with Crippen LogP contribution >= 0.6 is 15.9 Å². The lowest BCUT2D eigenvalue weighted by atomic mass is 10.2. The fraction of sp³-hybridized carbons (Fsp3) is 0.100. The van der Waals surface area contributed by atoms with E-state index in [2.05, 4.69) is 20.9 Å². The van der Waals surface area contributed by atoms with Gasteiger partial charge in [0.1, 0.15) is 5.75 Å². The summed E-state index contributed by atoms with van der Waals surface area (Å²) in [5.41, 5.74) is 0.961. The molecule has 0 fully saturated rings. The zero-order valence-electron chi connectivity index (χ0n) is 7.12. The highest BCUT2D eigenvalue weighted by atomic mass is 79.9. The minimum absolute atomic E-state index is 0.840. The Morgan fingerprint density at radius 1 is 1.38 bits per heavy atom. The van der Waals surface area contributed by atoms with Crippen molar-refractivity contribution in [3.05, 3.63) is 34.9 Å². The van der Waals surface area contributed by atoms with Crippen molar-refractivity contribution in [1.82, 2.24) is 4.98 Å². The standard InChI is InChI=1S/C10H8BrNO/c1-13-8-5-7-3-2-4-12-10(7)9(11)6-8/h2-6H,1H3. The van der Waals surface area contributed by atoms with E-state index in [0.29, 0.717) is 0 Å². The van der Waals surface area contributed by atoms with Gasteiger partial charge in [0.25, 0.3) is 0 Å². The van der Waals surface area contributed by atoms with Crippen LogP contribution in [0.5, 0.6) is 5.75 Å². The van der Waals surface area contributed by atoms with Gasteiger partial charge >= 0.3 is 0 Å². The molecule has 2 aromatic rings. The lowest BCUT2D eigenvalue weighted by molar-refractivity contribution is 0.415. The maximum atomic E-state index is 5.15. The van der Waals surface area contributed by atoms with Gasteiger partial charge in [-0.15, -0.1) is 0 Å². The topological polar surface area (TPSA) is 22.1 Å². The first-order valence-corrected chi connectivity index (χ1v) is 4.69. The quantitative estimate of drug-likeness (QED) is 0.761. The van der Waals surface area contributed by atoms with Crippen molar-refractivity contribution >= 4 is 26.8 Å². The Morgan fingerprint density at radius 3 is 3.00 bits per heavy atom. The Labute approximate surface area is 84.7 Å². The van der Waals surface area contributed by atoms with Gasteiger partial charge in [0.2, 0.25) is 0 Å². The van der Waals surface area contributed by atoms with E-state index in [0.717, 1.165) is 21.1 Å². The number of pyridine rings is 1. The zero-order valence-corrected chi connectivity index (χ0v) is 8.71. The number of halogens is 1. The largest absolute Gasteiger partial charge is 0.497 e. The summed E-state index contributed by atoms with van der Waals surface area (Å²) in [6.07, 6.45) is 1.78. The molecule has 0 saturated heterocycles. The third-order valence-electron chi connectivity index (χ3n) is 1.87. The van der Waals surface area contributed by atoms with Crippen molar-refractivity contribution in [2.75, 3.05) is 7.11 Å². The molecule has 0 aliphatic carbocycles. The zero-order chi connectivity index (χ0) is 9.26. The summed E-state index contributed by atoms with van der Waals surface area (Å²) in [4.78, 5) is 4.25. The predicted molar refractivity (Wildman–Crippen MR) is 56.0 cm³/mol. The van der Waals surface area contributed by atoms with Crippen LogP contribution in [-0.4, -0.2) is 12.1 Å². The molecule has 1 aromatic heterocycles. The number of fused-ring (bicyclic) bond motifs is 1. The first-order chi connectivity index (χ1) is 6.31. The van der Waals surface area contributed by atoms with Gasteiger partial charge in [-0.3, -0.25) is 4.98 Å². The maximum absolute atomic E-state index is 5.15. The van der Waals surface area contributed by atoms with E-state index < -0.39 is 0 Å². The average molecular weight is 238 g/mol. The second-order valence-corrected chi connectivity index (χ2v) is 3.54. The fourth-order valence-electron chi connectivity index (χ4n) is 1.24. The highest BCUT2D eigenvalue weighted by Gasteiger charge is 2.01. The molecule has 0 aliphatic heterocycles. The molecule has 0 radical (unpaired) electrons. The molecule has 1 aromatic carbocycles. The van der Waals surface area contributed by atoms with E-state index >= 15 is 0 Å². The van der Waals surface area contributed by atoms with Crippen LogP contribution < -0.4 is 4.74 Å². The van der Waals surface area contributed by atoms with Gasteiger partial charge < -0.3 is 4.74 Å². The van der Waals surface area contributed by atoms with E-state index in [1.807, 2.05) is 24.3 Å². The molecule has 1 heterocycles. The van der Waals surface area contributed by atoms with E-state index in [1.165, 1.54) is 0 Å². The SMILES string of the molecule is COc1cc(Br)c2ncccc2c1. The minimum atomic E-state index is 0.840. The van der Waals surface area contributed by atoms with Crippen LogP contribution in [0.2, 0.25) is 0 Å². The van der Waals surface area contributed by atoms with Crippen LogP contribution in [0.4, 0.5) is 0 Å². The smallest absolute Gasteiger partial charge is 0.120 e. The Balaban J connectivity index is 2.77. The van der Waals surface area contributed by atoms with Crippen molar-refractivity contribution < 1.29 is 4.74 Å². The molecular weight excluding hydrogens is 230 g/mol. The summed E-state index contributed by atoms with van der Waals surface area (Å²) in [7, 11) is 1.66. The molecule has 0 amide bonds. The maximum Gasteiger partial charge on any atom is 0.120 e. The molecule has 0 unspecified atom stereocenters. The molecule has 0 aliphatic rings. The van der Waals surface area contributed by atoms with Crippen LogP contribution in [-0.2, 0) is 0 Å². The predicted octanol–water partition coefficient (Wildman–Crippen LogP) is 3.01. The second-order valence-electron chi connectivity index (χ2n) is 2.68. The van der Waals surface area contributed by atoms with Gasteiger partial charge in [0, 0.05) is 16.1 Å². The van der Waals surface area contributed by atoms with Crippen molar-refractivity contribution in [3.8, 4) is 5.75 Å². The van der Waals surface area contributed by atoms with Gasteiger partial charge in [-0.05, 0) is 34.1 Å². The third kappa shape index (κ3) is 1.52. The number of aromatic nitrogens is 1. The molecule has 13 heavy (non-hydrogen) atoms. The summed E-state index contributed by atoms with van der Waals surface area (Å²) in [6, 6.07) is 7.80. The second kappa shape index (κ2) is 3.34. The van der Waals surface area contributed by atoms with Crippen LogP contribution in [0.1, 0.15) is 0 Å². The van der Waals surface area contributed by atoms with E-state index in [1.54, 1.807) is 13.3 Å². The van der Waals surface area contributed by atoms with E-state index in [-0.39, 0.29) is 0 Å². The number of ether oxygens (including phenoxy) is 1. The first-order valence-electron chi connectivity index (χ1n) is 3.89. The molecule has 3 heteroatoms. The summed E-state index contributed by atoms with van der Waals surface area (Å²) in [6.45, 7) is 0. The molecular formula is C10H8BrNO. The van der Waals surface area contributed by atoms with E-state index in [4.69, 9.17) is 4.74 Å². The number of hydrogen-bond acceptors (Lipinski definition) is 2. The van der Waals surface area contributed by atoms with Crippen molar-refractivity contribution in [2.45, 2.75) is 0 Å². The normalized spacial score (nSPS) is 10.3. The Bertz CT molecular complexity index is 442. The summed E-state index contributed by atoms with van der Waals surface area (Å²) >= 11 is 3.45.